The molecule has 0 atom stereocenters. The summed E-state index contributed by atoms with van der Waals surface area (Å²) in [6, 6.07) is 4.36. The Labute approximate surface area is 116 Å². The van der Waals surface area contributed by atoms with E-state index < -0.39 is 5.97 Å². The van der Waals surface area contributed by atoms with E-state index in [1.807, 2.05) is 0 Å². The first kappa shape index (κ1) is 12.8. The maximum absolute atomic E-state index is 11.0. The summed E-state index contributed by atoms with van der Waals surface area (Å²) < 4.78 is 6.07. The summed E-state index contributed by atoms with van der Waals surface area (Å²) in [6.07, 6.45) is 3.02. The van der Waals surface area contributed by atoms with Gasteiger partial charge < -0.3 is 9.84 Å². The molecule has 0 aromatic carbocycles. The molecule has 5 nitrogen and oxygen atoms in total. The molecule has 7 heteroatoms. The molecule has 0 aliphatic heterocycles. The highest BCUT2D eigenvalue weighted by Crippen LogP contribution is 2.26. The molecule has 0 saturated carbocycles. The second-order valence-electron chi connectivity index (χ2n) is 3.23. The van der Waals surface area contributed by atoms with Crippen LogP contribution in [-0.4, -0.2) is 21.0 Å². The minimum atomic E-state index is -1.14. The number of nitrogens with zero attached hydrogens (tertiary/aromatic N) is 2. The number of pyridine rings is 2. The zero-order chi connectivity index (χ0) is 13.1. The highest BCUT2D eigenvalue weighted by atomic mass is 79.9. The van der Waals surface area contributed by atoms with Gasteiger partial charge in [-0.15, -0.1) is 0 Å². The molecule has 0 bridgehead atoms. The lowest BCUT2D eigenvalue weighted by atomic mass is 10.3. The van der Waals surface area contributed by atoms with Gasteiger partial charge >= 0.3 is 5.97 Å². The van der Waals surface area contributed by atoms with Gasteiger partial charge in [-0.05, 0) is 34.1 Å². The van der Waals surface area contributed by atoms with E-state index >= 15 is 0 Å². The molecule has 92 valence electrons. The van der Waals surface area contributed by atoms with Crippen molar-refractivity contribution in [1.82, 2.24) is 9.97 Å². The minimum absolute atomic E-state index is 0.0700. The fourth-order valence-corrected chi connectivity index (χ4v) is 1.70. The van der Waals surface area contributed by atoms with Gasteiger partial charge in [0.1, 0.15) is 16.5 Å². The zero-order valence-electron chi connectivity index (χ0n) is 8.80. The van der Waals surface area contributed by atoms with Crippen LogP contribution >= 0.6 is 27.5 Å². The van der Waals surface area contributed by atoms with Gasteiger partial charge in [-0.3, -0.25) is 4.98 Å². The standard InChI is InChI=1S/C11H6BrClN2O3/c12-6-3-7(5-14-4-6)18-10-8(11(16)17)1-2-9(13)15-10/h1-5H,(H,16,17). The number of ether oxygens (including phenoxy) is 1. The van der Waals surface area contributed by atoms with Crippen LogP contribution in [0.25, 0.3) is 0 Å². The Bertz CT molecular complexity index is 607. The molecule has 0 spiro atoms. The Kier molecular flexibility index (Phi) is 3.78. The van der Waals surface area contributed by atoms with Crippen LogP contribution in [0.2, 0.25) is 5.15 Å². The number of halogens is 2. The summed E-state index contributed by atoms with van der Waals surface area (Å²) in [5, 5.41) is 9.15. The Morgan fingerprint density at radius 1 is 1.39 bits per heavy atom. The maximum Gasteiger partial charge on any atom is 0.341 e. The van der Waals surface area contributed by atoms with Gasteiger partial charge in [0.05, 0.1) is 6.20 Å². The van der Waals surface area contributed by atoms with Crippen molar-refractivity contribution in [1.29, 1.82) is 0 Å². The number of aromatic nitrogens is 2. The van der Waals surface area contributed by atoms with E-state index in [1.54, 1.807) is 12.3 Å². The normalized spacial score (nSPS) is 10.1. The Morgan fingerprint density at radius 2 is 2.17 bits per heavy atom. The van der Waals surface area contributed by atoms with Crippen LogP contribution in [0.3, 0.4) is 0 Å². The van der Waals surface area contributed by atoms with Gasteiger partial charge in [0, 0.05) is 10.7 Å². The predicted octanol–water partition coefficient (Wildman–Crippen LogP) is 3.38. The molecule has 2 heterocycles. The summed E-state index contributed by atoms with van der Waals surface area (Å²) in [6.45, 7) is 0. The molecule has 0 fully saturated rings. The van der Waals surface area contributed by atoms with Gasteiger partial charge in [0.15, 0.2) is 0 Å². The molecule has 2 aromatic rings. The van der Waals surface area contributed by atoms with Crippen molar-refractivity contribution in [2.24, 2.45) is 0 Å². The molecule has 2 aromatic heterocycles. The van der Waals surface area contributed by atoms with Gasteiger partial charge in [-0.1, -0.05) is 11.6 Å². The molecule has 0 amide bonds. The largest absolute Gasteiger partial charge is 0.477 e. The van der Waals surface area contributed by atoms with Crippen molar-refractivity contribution in [3.8, 4) is 11.6 Å². The molecular formula is C11H6BrClN2O3. The van der Waals surface area contributed by atoms with E-state index in [0.29, 0.717) is 10.2 Å². The first-order valence-corrected chi connectivity index (χ1v) is 5.91. The molecule has 18 heavy (non-hydrogen) atoms. The van der Waals surface area contributed by atoms with Crippen molar-refractivity contribution in [3.63, 3.8) is 0 Å². The Morgan fingerprint density at radius 3 is 2.83 bits per heavy atom. The maximum atomic E-state index is 11.0. The van der Waals surface area contributed by atoms with Crippen LogP contribution in [0.5, 0.6) is 11.6 Å². The number of aromatic carboxylic acids is 1. The third-order valence-corrected chi connectivity index (χ3v) is 2.60. The van der Waals surface area contributed by atoms with E-state index in [2.05, 4.69) is 25.9 Å². The van der Waals surface area contributed by atoms with Gasteiger partial charge in [0.25, 0.3) is 0 Å². The van der Waals surface area contributed by atoms with E-state index in [0.717, 1.165) is 0 Å². The monoisotopic (exact) mass is 328 g/mol. The molecular weight excluding hydrogens is 323 g/mol. The zero-order valence-corrected chi connectivity index (χ0v) is 11.1. The summed E-state index contributed by atoms with van der Waals surface area (Å²) >= 11 is 8.94. The lowest BCUT2D eigenvalue weighted by molar-refractivity contribution is 0.0693. The van der Waals surface area contributed by atoms with Crippen molar-refractivity contribution in [2.45, 2.75) is 0 Å². The van der Waals surface area contributed by atoms with Crippen LogP contribution in [0.1, 0.15) is 10.4 Å². The lowest BCUT2D eigenvalue weighted by Crippen LogP contribution is -2.02. The number of hydrogen-bond acceptors (Lipinski definition) is 4. The van der Waals surface area contributed by atoms with E-state index in [4.69, 9.17) is 21.4 Å². The Balaban J connectivity index is 2.39. The fraction of sp³-hybridized carbons (Fsp3) is 0. The van der Waals surface area contributed by atoms with Crippen molar-refractivity contribution >= 4 is 33.5 Å². The molecule has 1 N–H and O–H groups in total. The topological polar surface area (TPSA) is 72.3 Å². The van der Waals surface area contributed by atoms with Crippen molar-refractivity contribution in [3.05, 3.63) is 45.8 Å². The summed E-state index contributed by atoms with van der Waals surface area (Å²) in [5.41, 5.74) is -0.0700. The molecule has 0 saturated heterocycles. The number of carboxylic acids is 1. The lowest BCUT2D eigenvalue weighted by Gasteiger charge is -2.07. The number of rotatable bonds is 3. The highest BCUT2D eigenvalue weighted by molar-refractivity contribution is 9.10. The molecule has 0 unspecified atom stereocenters. The quantitative estimate of drug-likeness (QED) is 0.874. The number of hydrogen-bond donors (Lipinski definition) is 1. The highest BCUT2D eigenvalue weighted by Gasteiger charge is 2.14. The van der Waals surface area contributed by atoms with E-state index in [9.17, 15) is 4.79 Å². The minimum Gasteiger partial charge on any atom is -0.477 e. The second kappa shape index (κ2) is 5.32. The molecule has 0 aliphatic carbocycles. The van der Waals surface area contributed by atoms with Crippen molar-refractivity contribution < 1.29 is 14.6 Å². The Hall–Kier alpha value is -1.66. The summed E-state index contributed by atoms with van der Waals surface area (Å²) in [4.78, 5) is 18.7. The smallest absolute Gasteiger partial charge is 0.341 e. The van der Waals surface area contributed by atoms with Gasteiger partial charge in [-0.25, -0.2) is 9.78 Å². The van der Waals surface area contributed by atoms with Crippen molar-refractivity contribution in [2.75, 3.05) is 0 Å². The third-order valence-electron chi connectivity index (χ3n) is 1.95. The van der Waals surface area contributed by atoms with Gasteiger partial charge in [-0.2, -0.15) is 0 Å². The summed E-state index contributed by atoms with van der Waals surface area (Å²) in [7, 11) is 0. The number of carbonyl (C=O) groups is 1. The molecule has 0 aliphatic rings. The van der Waals surface area contributed by atoms with Crippen LogP contribution in [0.4, 0.5) is 0 Å². The van der Waals surface area contributed by atoms with Crippen LogP contribution in [0, 0.1) is 0 Å². The summed E-state index contributed by atoms with van der Waals surface area (Å²) in [5.74, 6) is -0.853. The van der Waals surface area contributed by atoms with Crippen LogP contribution in [0.15, 0.2) is 35.1 Å². The fourth-order valence-electron chi connectivity index (χ4n) is 1.22. The SMILES string of the molecule is O=C(O)c1ccc(Cl)nc1Oc1cncc(Br)c1. The first-order chi connectivity index (χ1) is 8.56. The van der Waals surface area contributed by atoms with Crippen LogP contribution in [-0.2, 0) is 0 Å². The second-order valence-corrected chi connectivity index (χ2v) is 4.54. The molecule has 0 radical (unpaired) electrons. The predicted molar refractivity (Wildman–Crippen MR) is 68.2 cm³/mol. The first-order valence-electron chi connectivity index (χ1n) is 4.74. The van der Waals surface area contributed by atoms with E-state index in [-0.39, 0.29) is 16.6 Å². The number of carboxylic acid groups (broad SMARTS) is 1. The average molecular weight is 330 g/mol. The van der Waals surface area contributed by atoms with Gasteiger partial charge in [0.2, 0.25) is 5.88 Å². The van der Waals surface area contributed by atoms with Crippen LogP contribution < -0.4 is 4.74 Å². The molecule has 2 rings (SSSR count). The average Bonchev–Trinajstić information content (AvgIpc) is 2.28. The van der Waals surface area contributed by atoms with E-state index in [1.165, 1.54) is 18.3 Å². The third kappa shape index (κ3) is 2.96.